The molecule has 0 fully saturated rings. The van der Waals surface area contributed by atoms with Crippen molar-refractivity contribution in [1.82, 2.24) is 10.6 Å². The number of nitrogens with one attached hydrogen (secondary N) is 2. The van der Waals surface area contributed by atoms with Crippen molar-refractivity contribution < 1.29 is 9.47 Å². The highest BCUT2D eigenvalue weighted by molar-refractivity contribution is 14.0. The number of nitrogens with zero attached hydrogens (tertiary/aromatic N) is 1. The summed E-state index contributed by atoms with van der Waals surface area (Å²) < 4.78 is 10.2. The second-order valence-corrected chi connectivity index (χ2v) is 3.06. The Labute approximate surface area is 115 Å². The molecule has 0 saturated heterocycles. The van der Waals surface area contributed by atoms with E-state index in [-0.39, 0.29) is 24.0 Å². The van der Waals surface area contributed by atoms with Crippen molar-refractivity contribution in [2.24, 2.45) is 4.99 Å². The van der Waals surface area contributed by atoms with E-state index in [2.05, 4.69) is 15.6 Å². The highest BCUT2D eigenvalue weighted by Gasteiger charge is 1.93. The van der Waals surface area contributed by atoms with Gasteiger partial charge >= 0.3 is 0 Å². The number of hydrogen-bond donors (Lipinski definition) is 2. The van der Waals surface area contributed by atoms with E-state index in [1.807, 2.05) is 7.05 Å². The van der Waals surface area contributed by atoms with Crippen LogP contribution in [0.15, 0.2) is 4.99 Å². The van der Waals surface area contributed by atoms with E-state index < -0.39 is 0 Å². The first-order valence-electron chi connectivity index (χ1n) is 5.30. The average molecular weight is 345 g/mol. The Bertz CT molecular complexity index is 168. The van der Waals surface area contributed by atoms with Crippen LogP contribution in [0.3, 0.4) is 0 Å². The van der Waals surface area contributed by atoms with E-state index in [1.165, 1.54) is 0 Å². The largest absolute Gasteiger partial charge is 0.382 e. The number of hydrogen-bond acceptors (Lipinski definition) is 3. The van der Waals surface area contributed by atoms with E-state index in [0.29, 0.717) is 13.2 Å². The molecule has 0 atom stereocenters. The van der Waals surface area contributed by atoms with Gasteiger partial charge in [0.25, 0.3) is 0 Å². The minimum atomic E-state index is 0. The lowest BCUT2D eigenvalue weighted by Crippen LogP contribution is -2.35. The molecule has 0 aromatic carbocycles. The smallest absolute Gasteiger partial charge is 0.190 e. The maximum Gasteiger partial charge on any atom is 0.190 e. The fourth-order valence-corrected chi connectivity index (χ4v) is 1.06. The summed E-state index contributed by atoms with van der Waals surface area (Å²) in [4.78, 5) is 4.01. The lowest BCUT2D eigenvalue weighted by atomic mass is 10.3. The molecule has 6 heteroatoms. The monoisotopic (exact) mass is 345 g/mol. The molecule has 0 spiro atoms. The van der Waals surface area contributed by atoms with Crippen LogP contribution in [-0.4, -0.2) is 53.5 Å². The Morgan fingerprint density at radius 1 is 1.19 bits per heavy atom. The van der Waals surface area contributed by atoms with Gasteiger partial charge in [-0.15, -0.1) is 24.0 Å². The quantitative estimate of drug-likeness (QED) is 0.296. The average Bonchev–Trinajstić information content (AvgIpc) is 2.27. The zero-order valence-corrected chi connectivity index (χ0v) is 12.7. The summed E-state index contributed by atoms with van der Waals surface area (Å²) in [5, 5.41) is 6.14. The van der Waals surface area contributed by atoms with Gasteiger partial charge in [0.1, 0.15) is 0 Å². The first kappa shape index (κ1) is 18.3. The lowest BCUT2D eigenvalue weighted by Gasteiger charge is -2.08. The molecule has 0 bridgehead atoms. The predicted octanol–water partition coefficient (Wildman–Crippen LogP) is 0.842. The van der Waals surface area contributed by atoms with Gasteiger partial charge in [-0.3, -0.25) is 4.99 Å². The van der Waals surface area contributed by atoms with Crippen LogP contribution in [0.2, 0.25) is 0 Å². The summed E-state index contributed by atoms with van der Waals surface area (Å²) in [6, 6.07) is 0. The first-order chi connectivity index (χ1) is 7.35. The third-order valence-electron chi connectivity index (χ3n) is 1.90. The minimum absolute atomic E-state index is 0. The third-order valence-corrected chi connectivity index (χ3v) is 1.90. The van der Waals surface area contributed by atoms with Gasteiger partial charge in [0.15, 0.2) is 5.96 Å². The SMILES string of the molecule is CN=C(NC)NCCCCOCCOC.I. The lowest BCUT2D eigenvalue weighted by molar-refractivity contribution is 0.0689. The summed E-state index contributed by atoms with van der Waals surface area (Å²) in [5.41, 5.74) is 0. The van der Waals surface area contributed by atoms with Crippen LogP contribution in [0.4, 0.5) is 0 Å². The van der Waals surface area contributed by atoms with Gasteiger partial charge in [-0.05, 0) is 12.8 Å². The van der Waals surface area contributed by atoms with Crippen molar-refractivity contribution in [2.75, 3.05) is 47.6 Å². The molecular weight excluding hydrogens is 321 g/mol. The van der Waals surface area contributed by atoms with E-state index >= 15 is 0 Å². The summed E-state index contributed by atoms with van der Waals surface area (Å²) in [5.74, 6) is 0.829. The maximum atomic E-state index is 5.34. The van der Waals surface area contributed by atoms with E-state index in [4.69, 9.17) is 9.47 Å². The Morgan fingerprint density at radius 2 is 1.94 bits per heavy atom. The van der Waals surface area contributed by atoms with Crippen molar-refractivity contribution in [3.8, 4) is 0 Å². The van der Waals surface area contributed by atoms with E-state index in [9.17, 15) is 0 Å². The molecule has 0 aromatic rings. The van der Waals surface area contributed by atoms with Crippen LogP contribution in [0.5, 0.6) is 0 Å². The van der Waals surface area contributed by atoms with Crippen molar-refractivity contribution >= 4 is 29.9 Å². The van der Waals surface area contributed by atoms with E-state index in [1.54, 1.807) is 14.2 Å². The van der Waals surface area contributed by atoms with Gasteiger partial charge in [-0.1, -0.05) is 0 Å². The molecule has 0 aromatic heterocycles. The summed E-state index contributed by atoms with van der Waals surface area (Å²) in [7, 11) is 5.28. The summed E-state index contributed by atoms with van der Waals surface area (Å²) in [6.07, 6.45) is 2.13. The van der Waals surface area contributed by atoms with Crippen molar-refractivity contribution in [3.05, 3.63) is 0 Å². The Morgan fingerprint density at radius 3 is 2.50 bits per heavy atom. The topological polar surface area (TPSA) is 54.9 Å². The summed E-state index contributed by atoms with van der Waals surface area (Å²) in [6.45, 7) is 3.07. The third kappa shape index (κ3) is 12.0. The molecular formula is C10H24IN3O2. The van der Waals surface area contributed by atoms with E-state index in [0.717, 1.165) is 32.0 Å². The number of halogens is 1. The standard InChI is InChI=1S/C10H23N3O2.HI/c1-11-10(12-2)13-6-4-5-7-15-9-8-14-3;/h4-9H2,1-3H3,(H2,11,12,13);1H. The predicted molar refractivity (Wildman–Crippen MR) is 77.8 cm³/mol. The molecule has 0 aliphatic carbocycles. The Balaban J connectivity index is 0. The number of unbranched alkanes of at least 4 members (excludes halogenated alkanes) is 1. The van der Waals surface area contributed by atoms with Crippen LogP contribution in [0.25, 0.3) is 0 Å². The molecule has 0 amide bonds. The maximum absolute atomic E-state index is 5.34. The van der Waals surface area contributed by atoms with Crippen molar-refractivity contribution in [3.63, 3.8) is 0 Å². The van der Waals surface area contributed by atoms with Gasteiger partial charge in [0, 0.05) is 34.4 Å². The number of aliphatic imine (C=N–C) groups is 1. The fourth-order valence-electron chi connectivity index (χ4n) is 1.06. The number of guanidine groups is 1. The van der Waals surface area contributed by atoms with Crippen LogP contribution in [-0.2, 0) is 9.47 Å². The molecule has 0 rings (SSSR count). The molecule has 0 radical (unpaired) electrons. The van der Waals surface area contributed by atoms with Gasteiger partial charge < -0.3 is 20.1 Å². The first-order valence-corrected chi connectivity index (χ1v) is 5.30. The van der Waals surface area contributed by atoms with Gasteiger partial charge in [0.05, 0.1) is 13.2 Å². The Kier molecular flexibility index (Phi) is 17.1. The summed E-state index contributed by atoms with van der Waals surface area (Å²) >= 11 is 0. The van der Waals surface area contributed by atoms with Gasteiger partial charge in [-0.25, -0.2) is 0 Å². The molecule has 0 unspecified atom stereocenters. The fraction of sp³-hybridized carbons (Fsp3) is 0.900. The molecule has 0 saturated carbocycles. The molecule has 0 heterocycles. The second kappa shape index (κ2) is 14.9. The molecule has 0 aliphatic rings. The molecule has 16 heavy (non-hydrogen) atoms. The second-order valence-electron chi connectivity index (χ2n) is 3.06. The van der Waals surface area contributed by atoms with Crippen LogP contribution >= 0.6 is 24.0 Å². The van der Waals surface area contributed by atoms with Crippen LogP contribution in [0.1, 0.15) is 12.8 Å². The highest BCUT2D eigenvalue weighted by Crippen LogP contribution is 1.88. The molecule has 2 N–H and O–H groups in total. The highest BCUT2D eigenvalue weighted by atomic mass is 127. The zero-order chi connectivity index (χ0) is 11.4. The van der Waals surface area contributed by atoms with Crippen molar-refractivity contribution in [1.29, 1.82) is 0 Å². The zero-order valence-electron chi connectivity index (χ0n) is 10.4. The number of rotatable bonds is 8. The number of ether oxygens (including phenoxy) is 2. The van der Waals surface area contributed by atoms with Crippen molar-refractivity contribution in [2.45, 2.75) is 12.8 Å². The van der Waals surface area contributed by atoms with Gasteiger partial charge in [-0.2, -0.15) is 0 Å². The molecule has 5 nitrogen and oxygen atoms in total. The Hall–Kier alpha value is -0.0800. The number of methoxy groups -OCH3 is 1. The van der Waals surface area contributed by atoms with Crippen LogP contribution < -0.4 is 10.6 Å². The van der Waals surface area contributed by atoms with Gasteiger partial charge in [0.2, 0.25) is 0 Å². The molecule has 98 valence electrons. The van der Waals surface area contributed by atoms with Crippen LogP contribution in [0, 0.1) is 0 Å². The molecule has 0 aliphatic heterocycles. The minimum Gasteiger partial charge on any atom is -0.382 e. The normalized spacial score (nSPS) is 10.8.